The molecule has 5 nitrogen and oxygen atoms in total. The average molecular weight is 305 g/mol. The van der Waals surface area contributed by atoms with Crippen molar-refractivity contribution in [3.05, 3.63) is 23.9 Å². The number of rotatable bonds is 2. The molecule has 1 amide bonds. The third-order valence-electron chi connectivity index (χ3n) is 2.95. The van der Waals surface area contributed by atoms with Gasteiger partial charge in [-0.05, 0) is 39.3 Å². The van der Waals surface area contributed by atoms with Crippen molar-refractivity contribution in [3.8, 4) is 6.07 Å². The lowest BCUT2D eigenvalue weighted by Gasteiger charge is -2.24. The Labute approximate surface area is 129 Å². The summed E-state index contributed by atoms with van der Waals surface area (Å²) in [6.45, 7) is 6.95. The van der Waals surface area contributed by atoms with E-state index in [0.717, 1.165) is 11.4 Å². The van der Waals surface area contributed by atoms with Crippen LogP contribution in [-0.2, 0) is 4.74 Å². The van der Waals surface area contributed by atoms with E-state index in [2.05, 4.69) is 11.1 Å². The number of thioether (sulfide) groups is 1. The smallest absolute Gasteiger partial charge is 0.410 e. The lowest BCUT2D eigenvalue weighted by molar-refractivity contribution is 0.0295. The number of likely N-dealkylation sites (tertiary alicyclic amines) is 1. The number of aromatic nitrogens is 1. The molecule has 0 aromatic carbocycles. The molecule has 0 saturated carbocycles. The summed E-state index contributed by atoms with van der Waals surface area (Å²) in [5.41, 5.74) is 0.139. The minimum Gasteiger partial charge on any atom is -0.444 e. The minimum atomic E-state index is -0.467. The third kappa shape index (κ3) is 4.64. The molecule has 6 heteroatoms. The highest BCUT2D eigenvalue weighted by Gasteiger charge is 2.30. The van der Waals surface area contributed by atoms with E-state index in [4.69, 9.17) is 10.00 Å². The summed E-state index contributed by atoms with van der Waals surface area (Å²) in [6, 6.07) is 5.57. The van der Waals surface area contributed by atoms with E-state index in [1.165, 1.54) is 0 Å². The van der Waals surface area contributed by atoms with E-state index in [1.807, 2.05) is 20.8 Å². The molecule has 1 aromatic rings. The fourth-order valence-electron chi connectivity index (χ4n) is 2.03. The number of nitriles is 1. The highest BCUT2D eigenvalue weighted by molar-refractivity contribution is 7.99. The first kappa shape index (κ1) is 15.6. The Morgan fingerprint density at radius 2 is 2.33 bits per heavy atom. The Kier molecular flexibility index (Phi) is 4.73. The summed E-state index contributed by atoms with van der Waals surface area (Å²) < 4.78 is 5.38. The highest BCUT2D eigenvalue weighted by Crippen LogP contribution is 2.29. The maximum absolute atomic E-state index is 12.0. The molecule has 0 N–H and O–H groups in total. The SMILES string of the molecule is CC(C)(C)OC(=O)N1CC[C@H](Sc2cc(C#N)ccn2)C1. The summed E-state index contributed by atoms with van der Waals surface area (Å²) in [5.74, 6) is 0. The van der Waals surface area contributed by atoms with Gasteiger partial charge in [0.1, 0.15) is 5.60 Å². The van der Waals surface area contributed by atoms with Crippen LogP contribution < -0.4 is 0 Å². The van der Waals surface area contributed by atoms with Crippen LogP contribution in [0.4, 0.5) is 4.79 Å². The predicted octanol–water partition coefficient (Wildman–Crippen LogP) is 3.05. The molecule has 21 heavy (non-hydrogen) atoms. The van der Waals surface area contributed by atoms with Crippen molar-refractivity contribution >= 4 is 17.9 Å². The van der Waals surface area contributed by atoms with Crippen LogP contribution in [0.2, 0.25) is 0 Å². The molecule has 1 fully saturated rings. The van der Waals surface area contributed by atoms with Gasteiger partial charge in [0.05, 0.1) is 16.7 Å². The first-order valence-electron chi connectivity index (χ1n) is 6.88. The average Bonchev–Trinajstić information content (AvgIpc) is 2.85. The monoisotopic (exact) mass is 305 g/mol. The summed E-state index contributed by atoms with van der Waals surface area (Å²) in [6.07, 6.45) is 2.29. The van der Waals surface area contributed by atoms with Gasteiger partial charge in [-0.2, -0.15) is 5.26 Å². The number of hydrogen-bond acceptors (Lipinski definition) is 5. The van der Waals surface area contributed by atoms with Crippen molar-refractivity contribution in [1.82, 2.24) is 9.88 Å². The van der Waals surface area contributed by atoms with E-state index in [9.17, 15) is 4.79 Å². The van der Waals surface area contributed by atoms with Crippen LogP contribution in [0, 0.1) is 11.3 Å². The van der Waals surface area contributed by atoms with Gasteiger partial charge >= 0.3 is 6.09 Å². The number of pyridine rings is 1. The Morgan fingerprint density at radius 3 is 3.00 bits per heavy atom. The Hall–Kier alpha value is -1.74. The number of hydrogen-bond donors (Lipinski definition) is 0. The normalized spacial score (nSPS) is 18.4. The molecule has 2 heterocycles. The van der Waals surface area contributed by atoms with Crippen LogP contribution in [0.5, 0.6) is 0 Å². The Morgan fingerprint density at radius 1 is 1.57 bits per heavy atom. The summed E-state index contributed by atoms with van der Waals surface area (Å²) in [5, 5.41) is 10.0. The maximum atomic E-state index is 12.0. The van der Waals surface area contributed by atoms with Crippen molar-refractivity contribution in [2.45, 2.75) is 43.1 Å². The number of amides is 1. The van der Waals surface area contributed by atoms with E-state index >= 15 is 0 Å². The van der Waals surface area contributed by atoms with Crippen LogP contribution in [0.1, 0.15) is 32.8 Å². The maximum Gasteiger partial charge on any atom is 0.410 e. The molecule has 0 spiro atoms. The zero-order valence-electron chi connectivity index (χ0n) is 12.5. The molecule has 0 unspecified atom stereocenters. The van der Waals surface area contributed by atoms with Crippen LogP contribution in [0.25, 0.3) is 0 Å². The van der Waals surface area contributed by atoms with Gasteiger partial charge < -0.3 is 9.64 Å². The number of ether oxygens (including phenoxy) is 1. The van der Waals surface area contributed by atoms with E-state index in [1.54, 1.807) is 35.0 Å². The third-order valence-corrected chi connectivity index (χ3v) is 4.13. The molecular formula is C15H19N3O2S. The van der Waals surface area contributed by atoms with E-state index < -0.39 is 5.60 Å². The topological polar surface area (TPSA) is 66.2 Å². The molecule has 1 saturated heterocycles. The largest absolute Gasteiger partial charge is 0.444 e. The quantitative estimate of drug-likeness (QED) is 0.840. The number of carbonyl (C=O) groups is 1. The predicted molar refractivity (Wildman–Crippen MR) is 81.0 cm³/mol. The van der Waals surface area contributed by atoms with Gasteiger partial charge in [0.15, 0.2) is 0 Å². The van der Waals surface area contributed by atoms with Crippen LogP contribution >= 0.6 is 11.8 Å². The molecule has 112 valence electrons. The molecular weight excluding hydrogens is 286 g/mol. The Bertz CT molecular complexity index is 563. The molecule has 1 aromatic heterocycles. The van der Waals surface area contributed by atoms with Crippen molar-refractivity contribution < 1.29 is 9.53 Å². The number of carbonyl (C=O) groups excluding carboxylic acids is 1. The fourth-order valence-corrected chi connectivity index (χ4v) is 3.17. The van der Waals surface area contributed by atoms with Crippen LogP contribution in [-0.4, -0.2) is 39.9 Å². The minimum absolute atomic E-state index is 0.260. The molecule has 1 aliphatic heterocycles. The summed E-state index contributed by atoms with van der Waals surface area (Å²) >= 11 is 1.61. The lowest BCUT2D eigenvalue weighted by atomic mass is 10.2. The summed E-state index contributed by atoms with van der Waals surface area (Å²) in [7, 11) is 0. The van der Waals surface area contributed by atoms with Crippen molar-refractivity contribution in [1.29, 1.82) is 5.26 Å². The van der Waals surface area contributed by atoms with Gasteiger partial charge in [-0.1, -0.05) is 0 Å². The first-order chi connectivity index (χ1) is 9.87. The van der Waals surface area contributed by atoms with Gasteiger partial charge in [-0.25, -0.2) is 9.78 Å². The van der Waals surface area contributed by atoms with Crippen molar-refractivity contribution in [2.75, 3.05) is 13.1 Å². The van der Waals surface area contributed by atoms with Gasteiger partial charge in [0, 0.05) is 24.5 Å². The second-order valence-electron chi connectivity index (χ2n) is 5.95. The van der Waals surface area contributed by atoms with Gasteiger partial charge in [0.2, 0.25) is 0 Å². The molecule has 2 rings (SSSR count). The molecule has 0 radical (unpaired) electrons. The molecule has 1 atom stereocenters. The highest BCUT2D eigenvalue weighted by atomic mass is 32.2. The lowest BCUT2D eigenvalue weighted by Crippen LogP contribution is -2.35. The van der Waals surface area contributed by atoms with Gasteiger partial charge in [-0.3, -0.25) is 0 Å². The van der Waals surface area contributed by atoms with Crippen molar-refractivity contribution in [3.63, 3.8) is 0 Å². The fraction of sp³-hybridized carbons (Fsp3) is 0.533. The zero-order valence-corrected chi connectivity index (χ0v) is 13.3. The summed E-state index contributed by atoms with van der Waals surface area (Å²) in [4.78, 5) is 18.0. The zero-order chi connectivity index (χ0) is 15.5. The second-order valence-corrected chi connectivity index (χ2v) is 7.27. The first-order valence-corrected chi connectivity index (χ1v) is 7.76. The second kappa shape index (κ2) is 6.35. The molecule has 1 aliphatic rings. The standard InChI is InChI=1S/C15H19N3O2S/c1-15(2,3)20-14(19)18-7-5-12(10-18)21-13-8-11(9-16)4-6-17-13/h4,6,8,12H,5,7,10H2,1-3H3/t12-/m0/s1. The van der Waals surface area contributed by atoms with Crippen molar-refractivity contribution in [2.24, 2.45) is 0 Å². The van der Waals surface area contributed by atoms with E-state index in [-0.39, 0.29) is 6.09 Å². The van der Waals surface area contributed by atoms with Crippen LogP contribution in [0.15, 0.2) is 23.4 Å². The molecule has 0 bridgehead atoms. The number of nitrogens with zero attached hydrogens (tertiary/aromatic N) is 3. The van der Waals surface area contributed by atoms with Gasteiger partial charge in [0.25, 0.3) is 0 Å². The van der Waals surface area contributed by atoms with Crippen LogP contribution in [0.3, 0.4) is 0 Å². The van der Waals surface area contributed by atoms with E-state index in [0.29, 0.717) is 23.9 Å². The van der Waals surface area contributed by atoms with Gasteiger partial charge in [-0.15, -0.1) is 11.8 Å². The molecule has 0 aliphatic carbocycles. The Balaban J connectivity index is 1.91.